The van der Waals surface area contributed by atoms with Crippen LogP contribution in [0.3, 0.4) is 0 Å². The molecule has 6 heterocycles. The van der Waals surface area contributed by atoms with Crippen LogP contribution in [0.25, 0.3) is 16.7 Å². The number of ether oxygens (including phenoxy) is 2. The van der Waals surface area contributed by atoms with Gasteiger partial charge in [-0.1, -0.05) is 17.4 Å². The first kappa shape index (κ1) is 22.8. The maximum Gasteiger partial charge on any atom is 0.155 e. The Kier molecular flexibility index (Phi) is 6.21. The summed E-state index contributed by atoms with van der Waals surface area (Å²) in [6.07, 6.45) is 9.78. The van der Waals surface area contributed by atoms with E-state index in [1.807, 2.05) is 42.7 Å². The molecule has 8 nitrogen and oxygen atoms in total. The SMILES string of the molecule is C=C[C@H]1CN2CC[C@H]1C[C@@H]2[C@H](OCc1cn(-c2ccccn2)nn1)c1ccnc2ccc(OC)cc12. The van der Waals surface area contributed by atoms with Gasteiger partial charge in [0.25, 0.3) is 0 Å². The van der Waals surface area contributed by atoms with Gasteiger partial charge in [0, 0.05) is 30.4 Å². The number of nitrogens with zero attached hydrogens (tertiary/aromatic N) is 6. The number of methoxy groups -OCH3 is 1. The number of piperidine rings is 3. The molecule has 4 aromatic rings. The third-order valence-electron chi connectivity index (χ3n) is 7.63. The van der Waals surface area contributed by atoms with Gasteiger partial charge in [0.2, 0.25) is 0 Å². The minimum Gasteiger partial charge on any atom is -0.497 e. The first-order chi connectivity index (χ1) is 17.7. The van der Waals surface area contributed by atoms with Crippen molar-refractivity contribution in [1.29, 1.82) is 0 Å². The molecular weight excluding hydrogens is 452 g/mol. The van der Waals surface area contributed by atoms with Crippen LogP contribution in [-0.4, -0.2) is 56.1 Å². The van der Waals surface area contributed by atoms with E-state index in [9.17, 15) is 0 Å². The fraction of sp³-hybridized carbons (Fsp3) is 0.357. The lowest BCUT2D eigenvalue weighted by Gasteiger charge is -2.51. The van der Waals surface area contributed by atoms with Crippen molar-refractivity contribution in [3.05, 3.63) is 85.0 Å². The monoisotopic (exact) mass is 482 g/mol. The zero-order valence-electron chi connectivity index (χ0n) is 20.4. The molecule has 1 unspecified atom stereocenters. The second-order valence-electron chi connectivity index (χ2n) is 9.60. The lowest BCUT2D eigenvalue weighted by atomic mass is 9.73. The molecule has 3 aromatic heterocycles. The third-order valence-corrected chi connectivity index (χ3v) is 7.63. The normalized spacial score (nSPS) is 24.0. The molecule has 3 fully saturated rings. The minimum absolute atomic E-state index is 0.142. The van der Waals surface area contributed by atoms with Crippen molar-refractivity contribution >= 4 is 10.9 Å². The van der Waals surface area contributed by atoms with E-state index < -0.39 is 0 Å². The first-order valence-corrected chi connectivity index (χ1v) is 12.5. The Morgan fingerprint density at radius 3 is 2.89 bits per heavy atom. The van der Waals surface area contributed by atoms with Crippen LogP contribution in [0.5, 0.6) is 5.75 Å². The molecular formula is C28H30N6O2. The fourth-order valence-corrected chi connectivity index (χ4v) is 5.76. The summed E-state index contributed by atoms with van der Waals surface area (Å²) in [6, 6.07) is 14.1. The molecule has 3 saturated heterocycles. The Bertz CT molecular complexity index is 1360. The molecule has 1 aromatic carbocycles. The zero-order chi connectivity index (χ0) is 24.5. The van der Waals surface area contributed by atoms with E-state index in [0.29, 0.717) is 18.4 Å². The average molecular weight is 483 g/mol. The predicted molar refractivity (Wildman–Crippen MR) is 137 cm³/mol. The maximum atomic E-state index is 6.73. The summed E-state index contributed by atoms with van der Waals surface area (Å²) in [5.74, 6) is 2.72. The van der Waals surface area contributed by atoms with E-state index >= 15 is 0 Å². The summed E-state index contributed by atoms with van der Waals surface area (Å²) in [5.41, 5.74) is 2.83. The van der Waals surface area contributed by atoms with Crippen LogP contribution in [0.2, 0.25) is 0 Å². The van der Waals surface area contributed by atoms with Crippen molar-refractivity contribution in [2.24, 2.45) is 11.8 Å². The van der Waals surface area contributed by atoms with Crippen LogP contribution >= 0.6 is 0 Å². The average Bonchev–Trinajstić information content (AvgIpc) is 3.43. The van der Waals surface area contributed by atoms with Gasteiger partial charge in [-0.3, -0.25) is 9.88 Å². The van der Waals surface area contributed by atoms with Crippen LogP contribution in [0, 0.1) is 11.8 Å². The molecule has 0 amide bonds. The lowest BCUT2D eigenvalue weighted by Crippen LogP contribution is -2.55. The third kappa shape index (κ3) is 4.27. The van der Waals surface area contributed by atoms with E-state index in [-0.39, 0.29) is 12.1 Å². The van der Waals surface area contributed by atoms with Crippen molar-refractivity contribution < 1.29 is 9.47 Å². The van der Waals surface area contributed by atoms with Gasteiger partial charge >= 0.3 is 0 Å². The van der Waals surface area contributed by atoms with Crippen molar-refractivity contribution in [2.45, 2.75) is 31.6 Å². The number of hydrogen-bond acceptors (Lipinski definition) is 7. The van der Waals surface area contributed by atoms with E-state index in [2.05, 4.69) is 50.0 Å². The van der Waals surface area contributed by atoms with Crippen molar-refractivity contribution in [2.75, 3.05) is 20.2 Å². The summed E-state index contributed by atoms with van der Waals surface area (Å²) in [7, 11) is 1.69. The molecule has 3 aliphatic heterocycles. The quantitative estimate of drug-likeness (QED) is 0.345. The molecule has 2 bridgehead atoms. The molecule has 5 atom stereocenters. The number of aromatic nitrogens is 5. The Labute approximate surface area is 210 Å². The van der Waals surface area contributed by atoms with Crippen molar-refractivity contribution in [1.82, 2.24) is 29.9 Å². The van der Waals surface area contributed by atoms with Gasteiger partial charge in [0.05, 0.1) is 31.5 Å². The predicted octanol–water partition coefficient (Wildman–Crippen LogP) is 4.37. The number of fused-ring (bicyclic) bond motifs is 4. The van der Waals surface area contributed by atoms with E-state index in [0.717, 1.165) is 53.2 Å². The van der Waals surface area contributed by atoms with Gasteiger partial charge in [-0.25, -0.2) is 9.67 Å². The molecule has 7 rings (SSSR count). The minimum atomic E-state index is -0.142. The Morgan fingerprint density at radius 2 is 2.11 bits per heavy atom. The summed E-state index contributed by atoms with van der Waals surface area (Å²) in [6.45, 7) is 6.56. The second kappa shape index (κ2) is 9.79. The van der Waals surface area contributed by atoms with Crippen LogP contribution in [0.1, 0.15) is 30.2 Å². The molecule has 0 aliphatic carbocycles. The Balaban J connectivity index is 1.33. The van der Waals surface area contributed by atoms with Gasteiger partial charge in [-0.2, -0.15) is 0 Å². The molecule has 3 aliphatic rings. The van der Waals surface area contributed by atoms with Gasteiger partial charge in [-0.05, 0) is 73.2 Å². The summed E-state index contributed by atoms with van der Waals surface area (Å²) < 4.78 is 14.0. The summed E-state index contributed by atoms with van der Waals surface area (Å²) in [4.78, 5) is 11.5. The number of pyridine rings is 2. The Morgan fingerprint density at radius 1 is 1.17 bits per heavy atom. The molecule has 0 saturated carbocycles. The van der Waals surface area contributed by atoms with Crippen molar-refractivity contribution in [3.63, 3.8) is 0 Å². The van der Waals surface area contributed by atoms with Crippen LogP contribution < -0.4 is 4.74 Å². The van der Waals surface area contributed by atoms with Gasteiger partial charge < -0.3 is 9.47 Å². The molecule has 0 spiro atoms. The lowest BCUT2D eigenvalue weighted by molar-refractivity contribution is -0.0809. The molecule has 36 heavy (non-hydrogen) atoms. The van der Waals surface area contributed by atoms with Gasteiger partial charge in [0.15, 0.2) is 5.82 Å². The van der Waals surface area contributed by atoms with E-state index in [4.69, 9.17) is 9.47 Å². The molecule has 0 N–H and O–H groups in total. The number of rotatable bonds is 8. The second-order valence-corrected chi connectivity index (χ2v) is 9.60. The van der Waals surface area contributed by atoms with E-state index in [1.54, 1.807) is 18.0 Å². The van der Waals surface area contributed by atoms with Crippen LogP contribution in [-0.2, 0) is 11.3 Å². The molecule has 184 valence electrons. The number of hydrogen-bond donors (Lipinski definition) is 0. The van der Waals surface area contributed by atoms with Crippen LogP contribution in [0.15, 0.2) is 73.7 Å². The highest BCUT2D eigenvalue weighted by Crippen LogP contribution is 2.43. The van der Waals surface area contributed by atoms with Crippen LogP contribution in [0.4, 0.5) is 0 Å². The first-order valence-electron chi connectivity index (χ1n) is 12.5. The largest absolute Gasteiger partial charge is 0.497 e. The van der Waals surface area contributed by atoms with Gasteiger partial charge in [-0.15, -0.1) is 11.7 Å². The molecule has 8 heteroatoms. The summed E-state index contributed by atoms with van der Waals surface area (Å²) >= 11 is 0. The highest BCUT2D eigenvalue weighted by atomic mass is 16.5. The number of benzene rings is 1. The summed E-state index contributed by atoms with van der Waals surface area (Å²) in [5, 5.41) is 9.67. The Hall–Kier alpha value is -3.62. The highest BCUT2D eigenvalue weighted by Gasteiger charge is 2.43. The highest BCUT2D eigenvalue weighted by molar-refractivity contribution is 5.84. The maximum absolute atomic E-state index is 6.73. The van der Waals surface area contributed by atoms with Crippen molar-refractivity contribution in [3.8, 4) is 11.6 Å². The molecule has 0 radical (unpaired) electrons. The standard InChI is InChI=1S/C28H30N6O2/c1-3-19-16-33-13-10-20(19)14-26(33)28(23-9-12-29-25-8-7-22(35-2)15-24(23)25)36-18-21-17-34(32-31-21)27-6-4-5-11-30-27/h3-9,11-12,15,17,19-20,26,28H,1,10,13-14,16,18H2,2H3/t19-,20-,26+,28+/m0/s1. The topological polar surface area (TPSA) is 78.2 Å². The zero-order valence-corrected chi connectivity index (χ0v) is 20.4. The van der Waals surface area contributed by atoms with E-state index in [1.165, 1.54) is 6.42 Å². The smallest absolute Gasteiger partial charge is 0.155 e. The van der Waals surface area contributed by atoms with Gasteiger partial charge in [0.1, 0.15) is 11.4 Å². The fourth-order valence-electron chi connectivity index (χ4n) is 5.76.